The first-order valence-electron chi connectivity index (χ1n) is 42.6. The van der Waals surface area contributed by atoms with Crippen LogP contribution in [0.25, 0.3) is 263 Å². The number of pyridine rings is 2. The van der Waals surface area contributed by atoms with Crippen molar-refractivity contribution in [2.45, 2.75) is 0 Å². The van der Waals surface area contributed by atoms with E-state index in [1.54, 1.807) is 0 Å². The molecule has 16 aromatic carbocycles. The molecule has 0 saturated carbocycles. The Labute approximate surface area is 735 Å². The fourth-order valence-corrected chi connectivity index (χ4v) is 21.8. The normalized spacial score (nSPS) is 12.1. The number of thiophene rings is 2. The second-order valence-electron chi connectivity index (χ2n) is 32.4. The number of fused-ring (bicyclic) bond motifs is 26. The van der Waals surface area contributed by atoms with Crippen LogP contribution in [0, 0.1) is 0 Å². The molecule has 0 spiro atoms. The van der Waals surface area contributed by atoms with Gasteiger partial charge in [-0.1, -0.05) is 267 Å². The SMILES string of the molecule is c1ccc(-c2nc(-c3ccccc3)nc(-c3cc(-n4c5ccccc5c5c6oc7ccccc7c6ccc54)cnc3-n3c4ccccc4c4c5oc6ccccc6c5ccc43)n2)cc1.c1ccc(-c2nc(-c3ccccc3)nc(-c3cc(-n4c5ccccc5c5cc6sc7ccccc7c6cc54)cnc3-n3c4ccccc4c4cc5sc6ccccc6c5cc43)n2)cc1. The monoisotopic (exact) mass is 1670 g/mol. The summed E-state index contributed by atoms with van der Waals surface area (Å²) in [6, 6.07) is 131. The van der Waals surface area contributed by atoms with E-state index in [-0.39, 0.29) is 0 Å². The van der Waals surface area contributed by atoms with Crippen molar-refractivity contribution in [3.05, 3.63) is 389 Å². The van der Waals surface area contributed by atoms with Crippen LogP contribution in [0.3, 0.4) is 0 Å². The molecule has 0 bridgehead atoms. The maximum atomic E-state index is 6.69. The first-order valence-corrected chi connectivity index (χ1v) is 44.2. The molecule has 128 heavy (non-hydrogen) atoms. The molecule has 0 unspecified atom stereocenters. The zero-order valence-corrected chi connectivity index (χ0v) is 69.6. The van der Waals surface area contributed by atoms with Crippen LogP contribution in [0.15, 0.2) is 397 Å². The molecule has 0 aliphatic heterocycles. The largest absolute Gasteiger partial charge is 0.455 e. The Morgan fingerprint density at radius 2 is 0.516 bits per heavy atom. The van der Waals surface area contributed by atoms with E-state index in [0.717, 1.165) is 166 Å². The molecule has 12 heterocycles. The lowest BCUT2D eigenvalue weighted by Crippen LogP contribution is -2.07. The van der Waals surface area contributed by atoms with Gasteiger partial charge in [-0.2, -0.15) is 0 Å². The molecule has 0 saturated heterocycles. The van der Waals surface area contributed by atoms with Crippen molar-refractivity contribution in [3.63, 3.8) is 0 Å². The van der Waals surface area contributed by atoms with Crippen LogP contribution < -0.4 is 0 Å². The number of furan rings is 2. The lowest BCUT2D eigenvalue weighted by Gasteiger charge is -2.16. The molecule has 0 aliphatic rings. The van der Waals surface area contributed by atoms with Crippen molar-refractivity contribution < 1.29 is 8.83 Å². The third-order valence-corrected chi connectivity index (χ3v) is 27.5. The molecule has 0 fully saturated rings. The summed E-state index contributed by atoms with van der Waals surface area (Å²) >= 11 is 3.69. The third-order valence-electron chi connectivity index (χ3n) is 25.2. The second-order valence-corrected chi connectivity index (χ2v) is 34.6. The Kier molecular flexibility index (Phi) is 15.8. The summed E-state index contributed by atoms with van der Waals surface area (Å²) in [5.74, 6) is 4.77. The molecule has 0 N–H and O–H groups in total. The molecule has 0 atom stereocenters. The minimum Gasteiger partial charge on any atom is -0.455 e. The van der Waals surface area contributed by atoms with E-state index >= 15 is 0 Å². The maximum absolute atomic E-state index is 6.69. The molecular weight excluding hydrogens is 1610 g/mol. The van der Waals surface area contributed by atoms with E-state index < -0.39 is 0 Å². The van der Waals surface area contributed by atoms with Crippen molar-refractivity contribution in [1.82, 2.24) is 58.1 Å². The number of nitrogens with zero attached hydrogens (tertiary/aromatic N) is 12. The van der Waals surface area contributed by atoms with Crippen LogP contribution in [0.4, 0.5) is 0 Å². The summed E-state index contributed by atoms with van der Waals surface area (Å²) in [5, 5.41) is 18.2. The molecule has 16 heteroatoms. The van der Waals surface area contributed by atoms with Crippen LogP contribution in [0.1, 0.15) is 0 Å². The van der Waals surface area contributed by atoms with Gasteiger partial charge in [0.1, 0.15) is 34.0 Å². The van der Waals surface area contributed by atoms with Crippen molar-refractivity contribution >= 4 is 194 Å². The van der Waals surface area contributed by atoms with E-state index in [1.807, 2.05) is 156 Å². The van der Waals surface area contributed by atoms with Gasteiger partial charge in [-0.25, -0.2) is 39.9 Å². The second kappa shape index (κ2) is 28.3. The quantitative estimate of drug-likeness (QED) is 0.129. The standard InChI is InChI=1S/C56H32N6O2.C56H32N6S2/c1-3-15-33(16-4-1)53-58-54(34-17-5-2-6-18-34)60-55(59-53)42-31-35(61-43-23-11-7-21-40(43)49-45(61)29-27-38-36-19-9-13-25-47(36)63-51(38)49)32-57-56(42)62-44-24-12-8-22-41(44)50-46(62)30-28-39-37-20-10-14-26-48(37)64-52(39)50;1-3-15-33(16-4-1)53-58-54(34-17-5-2-6-18-34)60-55(59-53)44-27-35(61-45-23-11-7-19-36(45)40-30-51-42(28-47(40)61)38-21-9-13-25-49(38)63-51)32-57-56(44)62-46-24-12-8-20-37(46)41-31-52-43(29-48(41)62)39-22-10-14-26-50(39)64-52/h2*1-32H. The van der Waals surface area contributed by atoms with E-state index in [0.29, 0.717) is 40.8 Å². The average molecular weight is 1670 g/mol. The summed E-state index contributed by atoms with van der Waals surface area (Å²) in [6.07, 6.45) is 3.99. The van der Waals surface area contributed by atoms with Gasteiger partial charge in [0, 0.05) is 116 Å². The first kappa shape index (κ1) is 71.6. The van der Waals surface area contributed by atoms with Gasteiger partial charge in [0.05, 0.1) is 89.8 Å². The maximum Gasteiger partial charge on any atom is 0.167 e. The summed E-state index contributed by atoms with van der Waals surface area (Å²) in [5.41, 5.74) is 18.6. The molecule has 28 aromatic rings. The Morgan fingerprint density at radius 1 is 0.203 bits per heavy atom. The smallest absolute Gasteiger partial charge is 0.167 e. The van der Waals surface area contributed by atoms with Crippen LogP contribution in [-0.4, -0.2) is 58.1 Å². The molecule has 0 aliphatic carbocycles. The highest BCUT2D eigenvalue weighted by molar-refractivity contribution is 7.26. The van der Waals surface area contributed by atoms with E-state index in [2.05, 4.69) is 273 Å². The minimum atomic E-state index is 0.494. The minimum absolute atomic E-state index is 0.494. The summed E-state index contributed by atoms with van der Waals surface area (Å²) in [4.78, 5) is 42.5. The van der Waals surface area contributed by atoms with Gasteiger partial charge in [-0.15, -0.1) is 22.7 Å². The summed E-state index contributed by atoms with van der Waals surface area (Å²) < 4.78 is 27.6. The van der Waals surface area contributed by atoms with Crippen molar-refractivity contribution in [2.75, 3.05) is 0 Å². The van der Waals surface area contributed by atoms with E-state index in [9.17, 15) is 0 Å². The van der Waals surface area contributed by atoms with Gasteiger partial charge in [-0.05, 0) is 109 Å². The Hall–Kier alpha value is -16.9. The van der Waals surface area contributed by atoms with Crippen molar-refractivity contribution in [2.24, 2.45) is 0 Å². The Balaban J connectivity index is 0.000000132. The van der Waals surface area contributed by atoms with Crippen LogP contribution >= 0.6 is 22.7 Å². The number of benzene rings is 16. The molecule has 596 valence electrons. The predicted molar refractivity (Wildman–Crippen MR) is 526 cm³/mol. The molecular formula is C112H64N12O2S2. The highest BCUT2D eigenvalue weighted by atomic mass is 32.1. The summed E-state index contributed by atoms with van der Waals surface area (Å²) in [7, 11) is 0. The number of rotatable bonds is 10. The lowest BCUT2D eigenvalue weighted by atomic mass is 10.1. The third kappa shape index (κ3) is 11.1. The van der Waals surface area contributed by atoms with Gasteiger partial charge < -0.3 is 18.0 Å². The van der Waals surface area contributed by atoms with Crippen molar-refractivity contribution in [3.8, 4) is 91.3 Å². The molecule has 12 aromatic heterocycles. The molecule has 0 amide bonds. The van der Waals surface area contributed by atoms with Gasteiger partial charge in [-0.3, -0.25) is 9.13 Å². The van der Waals surface area contributed by atoms with E-state index in [4.69, 9.17) is 48.7 Å². The van der Waals surface area contributed by atoms with Gasteiger partial charge in [0.2, 0.25) is 0 Å². The van der Waals surface area contributed by atoms with Gasteiger partial charge in [0.25, 0.3) is 0 Å². The highest BCUT2D eigenvalue weighted by Crippen LogP contribution is 2.49. The lowest BCUT2D eigenvalue weighted by molar-refractivity contribution is 0.672. The van der Waals surface area contributed by atoms with Gasteiger partial charge >= 0.3 is 0 Å². The Bertz CT molecular complexity index is 9380. The fourth-order valence-electron chi connectivity index (χ4n) is 19.5. The number of hydrogen-bond acceptors (Lipinski definition) is 12. The van der Waals surface area contributed by atoms with E-state index in [1.165, 1.54) is 56.5 Å². The predicted octanol–water partition coefficient (Wildman–Crippen LogP) is 29.5. The van der Waals surface area contributed by atoms with Gasteiger partial charge in [0.15, 0.2) is 34.9 Å². The summed E-state index contributed by atoms with van der Waals surface area (Å²) in [6.45, 7) is 0. The number of aromatic nitrogens is 12. The Morgan fingerprint density at radius 3 is 0.945 bits per heavy atom. The average Bonchev–Trinajstić information content (AvgIpc) is 1.56. The van der Waals surface area contributed by atoms with Crippen LogP contribution in [0.2, 0.25) is 0 Å². The molecule has 14 nitrogen and oxygen atoms in total. The zero-order valence-electron chi connectivity index (χ0n) is 67.9. The first-order chi connectivity index (χ1) is 63.5. The van der Waals surface area contributed by atoms with Crippen LogP contribution in [-0.2, 0) is 0 Å². The van der Waals surface area contributed by atoms with Crippen molar-refractivity contribution in [1.29, 1.82) is 0 Å². The number of para-hydroxylation sites is 6. The fraction of sp³-hybridized carbons (Fsp3) is 0. The number of hydrogen-bond donors (Lipinski definition) is 0. The molecule has 28 rings (SSSR count). The molecule has 0 radical (unpaired) electrons. The van der Waals surface area contributed by atoms with Crippen LogP contribution in [0.5, 0.6) is 0 Å². The topological polar surface area (TPSA) is 149 Å². The zero-order chi connectivity index (χ0) is 83.8. The highest BCUT2D eigenvalue weighted by Gasteiger charge is 2.29.